The minimum Gasteiger partial charge on any atom is -0.352 e. The fourth-order valence-corrected chi connectivity index (χ4v) is 2.35. The van der Waals surface area contributed by atoms with Crippen molar-refractivity contribution < 1.29 is 9.59 Å². The van der Waals surface area contributed by atoms with Gasteiger partial charge in [-0.05, 0) is 41.8 Å². The summed E-state index contributed by atoms with van der Waals surface area (Å²) in [6, 6.07) is 14.8. The number of aryl methyl sites for hydroxylation is 1. The minimum absolute atomic E-state index is 0.00149. The molecular weight excluding hydrogens is 324 g/mol. The van der Waals surface area contributed by atoms with Gasteiger partial charge in [-0.2, -0.15) is 0 Å². The van der Waals surface area contributed by atoms with E-state index in [2.05, 4.69) is 5.32 Å². The Bertz CT molecular complexity index is 694. The van der Waals surface area contributed by atoms with Gasteiger partial charge in [0, 0.05) is 37.6 Å². The third kappa shape index (κ3) is 5.39. The molecule has 126 valence electrons. The van der Waals surface area contributed by atoms with E-state index in [0.29, 0.717) is 30.0 Å². The summed E-state index contributed by atoms with van der Waals surface area (Å²) in [5.74, 6) is -0.0352. The minimum atomic E-state index is -0.0337. The average molecular weight is 345 g/mol. The zero-order valence-electron chi connectivity index (χ0n) is 13.9. The highest BCUT2D eigenvalue weighted by atomic mass is 35.5. The summed E-state index contributed by atoms with van der Waals surface area (Å²) in [5.41, 5.74) is 2.68. The number of benzene rings is 2. The summed E-state index contributed by atoms with van der Waals surface area (Å²) in [6.45, 7) is 0.454. The third-order valence-electron chi connectivity index (χ3n) is 3.65. The zero-order valence-corrected chi connectivity index (χ0v) is 14.6. The normalized spacial score (nSPS) is 10.3. The molecule has 4 nitrogen and oxygen atoms in total. The number of amides is 2. The third-order valence-corrected chi connectivity index (χ3v) is 3.90. The molecule has 0 atom stereocenters. The second kappa shape index (κ2) is 8.50. The van der Waals surface area contributed by atoms with Gasteiger partial charge in [-0.15, -0.1) is 0 Å². The molecule has 1 N–H and O–H groups in total. The lowest BCUT2D eigenvalue weighted by Crippen LogP contribution is -2.23. The van der Waals surface area contributed by atoms with Crippen LogP contribution in [0.4, 0.5) is 0 Å². The number of hydrogen-bond acceptors (Lipinski definition) is 2. The maximum atomic E-state index is 11.9. The molecule has 24 heavy (non-hydrogen) atoms. The van der Waals surface area contributed by atoms with Gasteiger partial charge >= 0.3 is 0 Å². The second-order valence-electron chi connectivity index (χ2n) is 5.80. The first-order valence-corrected chi connectivity index (χ1v) is 8.15. The fraction of sp³-hybridized carbons (Fsp3) is 0.263. The molecule has 5 heteroatoms. The maximum Gasteiger partial charge on any atom is 0.253 e. The van der Waals surface area contributed by atoms with Crippen LogP contribution in [0.15, 0.2) is 48.5 Å². The van der Waals surface area contributed by atoms with Crippen molar-refractivity contribution in [2.24, 2.45) is 0 Å². The van der Waals surface area contributed by atoms with Gasteiger partial charge in [0.1, 0.15) is 0 Å². The zero-order chi connectivity index (χ0) is 17.5. The molecular formula is C19H21ClN2O2. The summed E-state index contributed by atoms with van der Waals surface area (Å²) < 4.78 is 0. The predicted molar refractivity (Wildman–Crippen MR) is 96.1 cm³/mol. The lowest BCUT2D eigenvalue weighted by Gasteiger charge is -2.11. The van der Waals surface area contributed by atoms with Gasteiger partial charge in [-0.3, -0.25) is 9.59 Å². The number of rotatable bonds is 6. The van der Waals surface area contributed by atoms with Crippen LogP contribution in [-0.4, -0.2) is 30.8 Å². The van der Waals surface area contributed by atoms with E-state index in [1.165, 1.54) is 4.90 Å². The number of nitrogens with one attached hydrogen (secondary N) is 1. The van der Waals surface area contributed by atoms with E-state index in [9.17, 15) is 9.59 Å². The van der Waals surface area contributed by atoms with Crippen molar-refractivity contribution >= 4 is 23.4 Å². The Labute approximate surface area is 147 Å². The highest BCUT2D eigenvalue weighted by molar-refractivity contribution is 6.30. The SMILES string of the molecule is CN(C)C(=O)c1ccc(CNC(=O)CCc2ccc(Cl)cc2)cc1. The Morgan fingerprint density at radius 1 is 0.958 bits per heavy atom. The van der Waals surface area contributed by atoms with Crippen LogP contribution in [0.1, 0.15) is 27.9 Å². The Balaban J connectivity index is 1.79. The molecule has 0 saturated heterocycles. The fourth-order valence-electron chi connectivity index (χ4n) is 2.22. The van der Waals surface area contributed by atoms with Gasteiger partial charge in [0.2, 0.25) is 5.91 Å². The maximum absolute atomic E-state index is 11.9. The van der Waals surface area contributed by atoms with Crippen LogP contribution in [0.5, 0.6) is 0 Å². The second-order valence-corrected chi connectivity index (χ2v) is 6.24. The van der Waals surface area contributed by atoms with E-state index in [1.54, 1.807) is 26.2 Å². The molecule has 0 aliphatic heterocycles. The van der Waals surface area contributed by atoms with Gasteiger partial charge in [-0.25, -0.2) is 0 Å². The van der Waals surface area contributed by atoms with E-state index in [4.69, 9.17) is 11.6 Å². The molecule has 0 bridgehead atoms. The summed E-state index contributed by atoms with van der Waals surface area (Å²) in [5, 5.41) is 3.59. The predicted octanol–water partition coefficient (Wildman–Crippen LogP) is 3.29. The number of carbonyl (C=O) groups excluding carboxylic acids is 2. The van der Waals surface area contributed by atoms with E-state index < -0.39 is 0 Å². The standard InChI is InChI=1S/C19H21ClN2O2/c1-22(2)19(24)16-8-3-15(4-9-16)13-21-18(23)12-7-14-5-10-17(20)11-6-14/h3-6,8-11H,7,12-13H2,1-2H3,(H,21,23). The first-order valence-electron chi connectivity index (χ1n) is 7.77. The molecule has 2 rings (SSSR count). The Hall–Kier alpha value is -2.33. The molecule has 0 heterocycles. The summed E-state index contributed by atoms with van der Waals surface area (Å²) in [6.07, 6.45) is 1.11. The quantitative estimate of drug-likeness (QED) is 0.874. The van der Waals surface area contributed by atoms with Crippen molar-refractivity contribution in [1.29, 1.82) is 0 Å². The molecule has 0 aromatic heterocycles. The number of hydrogen-bond donors (Lipinski definition) is 1. The van der Waals surface area contributed by atoms with Crippen LogP contribution in [-0.2, 0) is 17.8 Å². The summed E-state index contributed by atoms with van der Waals surface area (Å²) >= 11 is 5.84. The lowest BCUT2D eigenvalue weighted by molar-refractivity contribution is -0.121. The van der Waals surface area contributed by atoms with E-state index in [0.717, 1.165) is 11.1 Å². The van der Waals surface area contributed by atoms with Gasteiger partial charge in [0.15, 0.2) is 0 Å². The molecule has 0 aliphatic rings. The number of halogens is 1. The van der Waals surface area contributed by atoms with Crippen molar-refractivity contribution in [2.75, 3.05) is 14.1 Å². The van der Waals surface area contributed by atoms with E-state index in [1.807, 2.05) is 36.4 Å². The van der Waals surface area contributed by atoms with Gasteiger partial charge < -0.3 is 10.2 Å². The van der Waals surface area contributed by atoms with Crippen LogP contribution >= 0.6 is 11.6 Å². The number of carbonyl (C=O) groups is 2. The summed E-state index contributed by atoms with van der Waals surface area (Å²) in [7, 11) is 3.44. The van der Waals surface area contributed by atoms with Crippen LogP contribution in [0.3, 0.4) is 0 Å². The Kier molecular flexibility index (Phi) is 6.38. The van der Waals surface area contributed by atoms with Gasteiger partial charge in [-0.1, -0.05) is 35.9 Å². The monoisotopic (exact) mass is 344 g/mol. The van der Waals surface area contributed by atoms with E-state index >= 15 is 0 Å². The average Bonchev–Trinajstić information content (AvgIpc) is 2.59. The van der Waals surface area contributed by atoms with Crippen LogP contribution < -0.4 is 5.32 Å². The Morgan fingerprint density at radius 3 is 2.12 bits per heavy atom. The molecule has 0 fully saturated rings. The topological polar surface area (TPSA) is 49.4 Å². The van der Waals surface area contributed by atoms with Crippen LogP contribution in [0.2, 0.25) is 5.02 Å². The largest absolute Gasteiger partial charge is 0.352 e. The molecule has 2 aromatic rings. The van der Waals surface area contributed by atoms with Crippen molar-refractivity contribution in [3.8, 4) is 0 Å². The summed E-state index contributed by atoms with van der Waals surface area (Å²) in [4.78, 5) is 25.3. The smallest absolute Gasteiger partial charge is 0.253 e. The Morgan fingerprint density at radius 2 is 1.54 bits per heavy atom. The molecule has 2 aromatic carbocycles. The number of nitrogens with zero attached hydrogens (tertiary/aromatic N) is 1. The van der Waals surface area contributed by atoms with Crippen molar-refractivity contribution in [2.45, 2.75) is 19.4 Å². The van der Waals surface area contributed by atoms with Crippen molar-refractivity contribution in [1.82, 2.24) is 10.2 Å². The molecule has 0 spiro atoms. The van der Waals surface area contributed by atoms with Gasteiger partial charge in [0.25, 0.3) is 5.91 Å². The molecule has 0 saturated carbocycles. The molecule has 2 amide bonds. The molecule has 0 unspecified atom stereocenters. The molecule has 0 radical (unpaired) electrons. The first-order chi connectivity index (χ1) is 11.5. The van der Waals surface area contributed by atoms with Gasteiger partial charge in [0.05, 0.1) is 0 Å². The highest BCUT2D eigenvalue weighted by Crippen LogP contribution is 2.11. The van der Waals surface area contributed by atoms with Crippen LogP contribution in [0.25, 0.3) is 0 Å². The van der Waals surface area contributed by atoms with Crippen molar-refractivity contribution in [3.05, 3.63) is 70.2 Å². The molecule has 0 aliphatic carbocycles. The highest BCUT2D eigenvalue weighted by Gasteiger charge is 2.07. The lowest BCUT2D eigenvalue weighted by atomic mass is 10.1. The van der Waals surface area contributed by atoms with Crippen LogP contribution in [0, 0.1) is 0 Å². The van der Waals surface area contributed by atoms with Crippen molar-refractivity contribution in [3.63, 3.8) is 0 Å². The first kappa shape index (κ1) is 18.0. The van der Waals surface area contributed by atoms with E-state index in [-0.39, 0.29) is 11.8 Å².